The SMILES string of the molecule is C=C(/C=C(/OC)C(=C)C(=O)O)C(=O)O. The number of hydrogen-bond donors (Lipinski definition) is 2. The molecule has 76 valence electrons. The lowest BCUT2D eigenvalue weighted by atomic mass is 10.2. The van der Waals surface area contributed by atoms with Crippen molar-refractivity contribution >= 4 is 11.9 Å². The minimum absolute atomic E-state index is 0.134. The Labute approximate surface area is 80.6 Å². The van der Waals surface area contributed by atoms with E-state index in [1.54, 1.807) is 0 Å². The number of rotatable bonds is 5. The molecular formula is C9H10O5. The van der Waals surface area contributed by atoms with Crippen LogP contribution >= 0.6 is 0 Å². The molecule has 0 aliphatic rings. The van der Waals surface area contributed by atoms with Gasteiger partial charge in [0, 0.05) is 0 Å². The van der Waals surface area contributed by atoms with Crippen molar-refractivity contribution in [2.24, 2.45) is 0 Å². The summed E-state index contributed by atoms with van der Waals surface area (Å²) in [6.45, 7) is 6.40. The Bertz CT molecular complexity index is 324. The number of hydrogen-bond acceptors (Lipinski definition) is 3. The van der Waals surface area contributed by atoms with Gasteiger partial charge in [0.25, 0.3) is 0 Å². The maximum atomic E-state index is 10.5. The van der Waals surface area contributed by atoms with Crippen molar-refractivity contribution in [3.63, 3.8) is 0 Å². The third kappa shape index (κ3) is 3.14. The third-order valence-electron chi connectivity index (χ3n) is 1.36. The van der Waals surface area contributed by atoms with Gasteiger partial charge in [-0.2, -0.15) is 0 Å². The van der Waals surface area contributed by atoms with Gasteiger partial charge in [-0.1, -0.05) is 13.2 Å². The fourth-order valence-corrected chi connectivity index (χ4v) is 0.595. The highest BCUT2D eigenvalue weighted by Gasteiger charge is 2.12. The van der Waals surface area contributed by atoms with Crippen molar-refractivity contribution in [2.45, 2.75) is 0 Å². The summed E-state index contributed by atoms with van der Waals surface area (Å²) in [7, 11) is 1.22. The first-order chi connectivity index (χ1) is 6.40. The Morgan fingerprint density at radius 2 is 1.71 bits per heavy atom. The van der Waals surface area contributed by atoms with Gasteiger partial charge in [-0.25, -0.2) is 9.59 Å². The van der Waals surface area contributed by atoms with Gasteiger partial charge in [-0.05, 0) is 6.08 Å². The van der Waals surface area contributed by atoms with E-state index >= 15 is 0 Å². The van der Waals surface area contributed by atoms with Gasteiger partial charge in [0.05, 0.1) is 18.3 Å². The van der Waals surface area contributed by atoms with E-state index < -0.39 is 11.9 Å². The molecule has 0 aromatic heterocycles. The van der Waals surface area contributed by atoms with E-state index in [0.717, 1.165) is 6.08 Å². The molecule has 0 bridgehead atoms. The summed E-state index contributed by atoms with van der Waals surface area (Å²) in [6, 6.07) is 0. The summed E-state index contributed by atoms with van der Waals surface area (Å²) in [6.07, 6.45) is 0.999. The van der Waals surface area contributed by atoms with E-state index in [4.69, 9.17) is 10.2 Å². The van der Waals surface area contributed by atoms with Gasteiger partial charge >= 0.3 is 11.9 Å². The normalized spacial score (nSPS) is 10.5. The van der Waals surface area contributed by atoms with Gasteiger partial charge in [0.2, 0.25) is 0 Å². The molecule has 0 saturated carbocycles. The Kier molecular flexibility index (Phi) is 4.15. The minimum Gasteiger partial charge on any atom is -0.496 e. The van der Waals surface area contributed by atoms with Crippen LogP contribution < -0.4 is 0 Å². The number of carboxylic acids is 2. The van der Waals surface area contributed by atoms with Crippen LogP contribution in [0.1, 0.15) is 0 Å². The molecule has 14 heavy (non-hydrogen) atoms. The third-order valence-corrected chi connectivity index (χ3v) is 1.36. The van der Waals surface area contributed by atoms with Crippen LogP contribution in [0.5, 0.6) is 0 Å². The van der Waals surface area contributed by atoms with Crippen molar-refractivity contribution in [2.75, 3.05) is 7.11 Å². The lowest BCUT2D eigenvalue weighted by molar-refractivity contribution is -0.133. The highest BCUT2D eigenvalue weighted by atomic mass is 16.5. The predicted octanol–water partition coefficient (Wildman–Crippen LogP) is 0.798. The van der Waals surface area contributed by atoms with Crippen LogP contribution in [0.3, 0.4) is 0 Å². The van der Waals surface area contributed by atoms with Crippen molar-refractivity contribution < 1.29 is 24.5 Å². The molecule has 0 saturated heterocycles. The van der Waals surface area contributed by atoms with Crippen molar-refractivity contribution in [1.82, 2.24) is 0 Å². The molecular weight excluding hydrogens is 188 g/mol. The smallest absolute Gasteiger partial charge is 0.338 e. The minimum atomic E-state index is -1.28. The van der Waals surface area contributed by atoms with E-state index in [0.29, 0.717) is 0 Å². The molecule has 5 heteroatoms. The topological polar surface area (TPSA) is 83.8 Å². The number of carboxylic acid groups (broad SMARTS) is 2. The maximum absolute atomic E-state index is 10.5. The Hall–Kier alpha value is -2.04. The zero-order valence-corrected chi connectivity index (χ0v) is 7.61. The number of ether oxygens (including phenoxy) is 1. The number of aliphatic carboxylic acids is 2. The van der Waals surface area contributed by atoms with E-state index in [9.17, 15) is 9.59 Å². The fraction of sp³-hybridized carbons (Fsp3) is 0.111. The second kappa shape index (κ2) is 4.86. The van der Waals surface area contributed by atoms with Crippen molar-refractivity contribution in [3.05, 3.63) is 36.1 Å². The fourth-order valence-electron chi connectivity index (χ4n) is 0.595. The summed E-state index contributed by atoms with van der Waals surface area (Å²) in [5.41, 5.74) is -0.598. The molecule has 0 spiro atoms. The summed E-state index contributed by atoms with van der Waals surface area (Å²) < 4.78 is 4.65. The van der Waals surface area contributed by atoms with Crippen molar-refractivity contribution in [1.29, 1.82) is 0 Å². The molecule has 2 N–H and O–H groups in total. The first-order valence-electron chi connectivity index (χ1n) is 3.50. The highest BCUT2D eigenvalue weighted by Crippen LogP contribution is 2.11. The zero-order chi connectivity index (χ0) is 11.3. The van der Waals surface area contributed by atoms with E-state index in [1.165, 1.54) is 7.11 Å². The number of methoxy groups -OCH3 is 1. The molecule has 0 amide bonds. The molecule has 0 aromatic rings. The van der Waals surface area contributed by atoms with Crippen LogP contribution in [-0.2, 0) is 14.3 Å². The molecule has 0 aliphatic carbocycles. The lowest BCUT2D eigenvalue weighted by Crippen LogP contribution is -2.05. The van der Waals surface area contributed by atoms with Crippen LogP contribution in [0.25, 0.3) is 0 Å². The van der Waals surface area contributed by atoms with Crippen LogP contribution in [0.4, 0.5) is 0 Å². The second-order valence-electron chi connectivity index (χ2n) is 2.33. The summed E-state index contributed by atoms with van der Waals surface area (Å²) in [5, 5.41) is 17.0. The Morgan fingerprint density at radius 1 is 1.21 bits per heavy atom. The van der Waals surface area contributed by atoms with Crippen LogP contribution in [-0.4, -0.2) is 29.3 Å². The largest absolute Gasteiger partial charge is 0.496 e. The van der Waals surface area contributed by atoms with Gasteiger partial charge < -0.3 is 14.9 Å². The van der Waals surface area contributed by atoms with E-state index in [2.05, 4.69) is 17.9 Å². The molecule has 0 atom stereocenters. The molecule has 0 heterocycles. The number of carbonyl (C=O) groups is 2. The monoisotopic (exact) mass is 198 g/mol. The molecule has 0 aliphatic heterocycles. The molecule has 0 unspecified atom stereocenters. The van der Waals surface area contributed by atoms with E-state index in [1.807, 2.05) is 0 Å². The van der Waals surface area contributed by atoms with E-state index in [-0.39, 0.29) is 16.9 Å². The summed E-state index contributed by atoms with van der Waals surface area (Å²) in [5.74, 6) is -2.67. The molecule has 0 rings (SSSR count). The molecule has 0 aromatic carbocycles. The van der Waals surface area contributed by atoms with Crippen LogP contribution in [0.2, 0.25) is 0 Å². The first-order valence-corrected chi connectivity index (χ1v) is 3.50. The average Bonchev–Trinajstić information content (AvgIpc) is 2.12. The summed E-state index contributed by atoms with van der Waals surface area (Å²) >= 11 is 0. The van der Waals surface area contributed by atoms with Crippen molar-refractivity contribution in [3.8, 4) is 0 Å². The molecule has 5 nitrogen and oxygen atoms in total. The van der Waals surface area contributed by atoms with Crippen LogP contribution in [0, 0.1) is 0 Å². The highest BCUT2D eigenvalue weighted by molar-refractivity contribution is 5.93. The molecule has 0 fully saturated rings. The van der Waals surface area contributed by atoms with Gasteiger partial charge in [-0.15, -0.1) is 0 Å². The Balaban J connectivity index is 4.90. The van der Waals surface area contributed by atoms with Gasteiger partial charge in [0.15, 0.2) is 0 Å². The predicted molar refractivity (Wildman–Crippen MR) is 48.6 cm³/mol. The first kappa shape index (κ1) is 12.0. The van der Waals surface area contributed by atoms with Gasteiger partial charge in [-0.3, -0.25) is 0 Å². The zero-order valence-electron chi connectivity index (χ0n) is 7.61. The standard InChI is InChI=1S/C9H10O5/c1-5(8(10)11)4-7(14-3)6(2)9(12)13/h4H,1-2H2,3H3,(H,10,11)(H,12,13)/b7-4+. The second-order valence-corrected chi connectivity index (χ2v) is 2.33. The quantitative estimate of drug-likeness (QED) is 0.387. The molecule has 0 radical (unpaired) electrons. The average molecular weight is 198 g/mol. The van der Waals surface area contributed by atoms with Gasteiger partial charge in [0.1, 0.15) is 5.76 Å². The Morgan fingerprint density at radius 3 is 2.00 bits per heavy atom. The maximum Gasteiger partial charge on any atom is 0.338 e. The van der Waals surface area contributed by atoms with Crippen LogP contribution in [0.15, 0.2) is 36.1 Å². The lowest BCUT2D eigenvalue weighted by Gasteiger charge is -2.04. The summed E-state index contributed by atoms with van der Waals surface area (Å²) in [4.78, 5) is 20.8.